The van der Waals surface area contributed by atoms with E-state index in [0.29, 0.717) is 6.10 Å². The van der Waals surface area contributed by atoms with Crippen molar-refractivity contribution >= 4 is 0 Å². The minimum atomic E-state index is 0.362. The van der Waals surface area contributed by atoms with Crippen LogP contribution in [0.25, 0.3) is 0 Å². The Bertz CT molecular complexity index is 381. The van der Waals surface area contributed by atoms with Crippen LogP contribution in [0.5, 0.6) is 5.88 Å². The fourth-order valence-electron chi connectivity index (χ4n) is 2.78. The van der Waals surface area contributed by atoms with Crippen molar-refractivity contribution < 1.29 is 4.74 Å². The molecule has 106 valence electrons. The fourth-order valence-corrected chi connectivity index (χ4v) is 2.78. The first-order chi connectivity index (χ1) is 9.31. The molecule has 1 heterocycles. The first kappa shape index (κ1) is 14.3. The van der Waals surface area contributed by atoms with Gasteiger partial charge in [-0.1, -0.05) is 26.7 Å². The molecule has 1 aliphatic rings. The molecule has 0 bridgehead atoms. The molecule has 2 atom stereocenters. The smallest absolute Gasteiger partial charge is 0.213 e. The van der Waals surface area contributed by atoms with Gasteiger partial charge in [-0.25, -0.2) is 4.98 Å². The van der Waals surface area contributed by atoms with Crippen LogP contribution < -0.4 is 10.1 Å². The Morgan fingerprint density at radius 1 is 1.37 bits per heavy atom. The third-order valence-corrected chi connectivity index (χ3v) is 3.98. The topological polar surface area (TPSA) is 34.2 Å². The predicted octanol–water partition coefficient (Wildman–Crippen LogP) is 3.54. The van der Waals surface area contributed by atoms with E-state index in [1.165, 1.54) is 37.7 Å². The zero-order valence-corrected chi connectivity index (χ0v) is 12.2. The van der Waals surface area contributed by atoms with E-state index in [2.05, 4.69) is 30.2 Å². The van der Waals surface area contributed by atoms with E-state index in [9.17, 15) is 0 Å². The minimum Gasteiger partial charge on any atom is -0.474 e. The summed E-state index contributed by atoms with van der Waals surface area (Å²) >= 11 is 0. The van der Waals surface area contributed by atoms with Gasteiger partial charge in [-0.2, -0.15) is 0 Å². The van der Waals surface area contributed by atoms with Crippen molar-refractivity contribution in [3.8, 4) is 5.88 Å². The monoisotopic (exact) mass is 262 g/mol. The van der Waals surface area contributed by atoms with Crippen molar-refractivity contribution in [1.29, 1.82) is 0 Å². The van der Waals surface area contributed by atoms with Gasteiger partial charge in [0, 0.05) is 18.8 Å². The summed E-state index contributed by atoms with van der Waals surface area (Å²) in [6, 6.07) is 4.11. The maximum Gasteiger partial charge on any atom is 0.213 e. The molecule has 0 saturated heterocycles. The van der Waals surface area contributed by atoms with Crippen LogP contribution in [-0.4, -0.2) is 17.6 Å². The van der Waals surface area contributed by atoms with Crippen LogP contribution in [0.15, 0.2) is 18.3 Å². The second-order valence-corrected chi connectivity index (χ2v) is 5.46. The molecule has 0 spiro atoms. The zero-order chi connectivity index (χ0) is 13.5. The summed E-state index contributed by atoms with van der Waals surface area (Å²) in [6.45, 7) is 6.27. The van der Waals surface area contributed by atoms with E-state index < -0.39 is 0 Å². The van der Waals surface area contributed by atoms with E-state index in [1.54, 1.807) is 0 Å². The molecule has 2 unspecified atom stereocenters. The summed E-state index contributed by atoms with van der Waals surface area (Å²) in [5, 5.41) is 3.33. The number of nitrogens with zero attached hydrogens (tertiary/aromatic N) is 1. The van der Waals surface area contributed by atoms with Gasteiger partial charge in [-0.3, -0.25) is 0 Å². The lowest BCUT2D eigenvalue weighted by Gasteiger charge is -2.28. The number of nitrogens with one attached hydrogen (secondary N) is 1. The van der Waals surface area contributed by atoms with Gasteiger partial charge in [-0.05, 0) is 43.4 Å². The Morgan fingerprint density at radius 2 is 2.26 bits per heavy atom. The van der Waals surface area contributed by atoms with E-state index in [1.807, 2.05) is 12.3 Å². The molecule has 19 heavy (non-hydrogen) atoms. The van der Waals surface area contributed by atoms with Crippen LogP contribution in [0.2, 0.25) is 0 Å². The summed E-state index contributed by atoms with van der Waals surface area (Å²) in [4.78, 5) is 4.34. The molecule has 1 N–H and O–H groups in total. The molecule has 1 saturated carbocycles. The third-order valence-electron chi connectivity index (χ3n) is 3.98. The van der Waals surface area contributed by atoms with Crippen molar-refractivity contribution in [3.05, 3.63) is 23.9 Å². The van der Waals surface area contributed by atoms with Crippen LogP contribution in [0.1, 0.15) is 51.5 Å². The Balaban J connectivity index is 1.90. The Labute approximate surface area is 116 Å². The molecule has 1 aliphatic carbocycles. The Morgan fingerprint density at radius 3 is 3.05 bits per heavy atom. The number of hydrogen-bond acceptors (Lipinski definition) is 3. The lowest BCUT2D eigenvalue weighted by atomic mass is 9.85. The van der Waals surface area contributed by atoms with Gasteiger partial charge in [0.15, 0.2) is 0 Å². The van der Waals surface area contributed by atoms with Crippen LogP contribution in [-0.2, 0) is 6.54 Å². The minimum absolute atomic E-state index is 0.362. The molecule has 3 nitrogen and oxygen atoms in total. The third kappa shape index (κ3) is 4.50. The second kappa shape index (κ2) is 7.49. The normalized spacial score (nSPS) is 23.3. The quantitative estimate of drug-likeness (QED) is 0.851. The van der Waals surface area contributed by atoms with Crippen molar-refractivity contribution in [2.24, 2.45) is 5.92 Å². The molecule has 1 aromatic rings. The van der Waals surface area contributed by atoms with Gasteiger partial charge >= 0.3 is 0 Å². The van der Waals surface area contributed by atoms with Gasteiger partial charge in [0.1, 0.15) is 6.10 Å². The van der Waals surface area contributed by atoms with E-state index in [0.717, 1.165) is 24.9 Å². The summed E-state index contributed by atoms with van der Waals surface area (Å²) in [6.07, 6.45) is 8.51. The van der Waals surface area contributed by atoms with E-state index >= 15 is 0 Å². The summed E-state index contributed by atoms with van der Waals surface area (Å²) in [5.41, 5.74) is 1.25. The number of hydrogen-bond donors (Lipinski definition) is 1. The summed E-state index contributed by atoms with van der Waals surface area (Å²) in [7, 11) is 0. The van der Waals surface area contributed by atoms with Gasteiger partial charge in [-0.15, -0.1) is 0 Å². The highest BCUT2D eigenvalue weighted by Crippen LogP contribution is 2.29. The highest BCUT2D eigenvalue weighted by atomic mass is 16.5. The van der Waals surface area contributed by atoms with Crippen molar-refractivity contribution in [2.75, 3.05) is 6.54 Å². The van der Waals surface area contributed by atoms with Gasteiger partial charge in [0.25, 0.3) is 0 Å². The second-order valence-electron chi connectivity index (χ2n) is 5.46. The number of ether oxygens (including phenoxy) is 1. The average molecular weight is 262 g/mol. The van der Waals surface area contributed by atoms with E-state index in [4.69, 9.17) is 4.74 Å². The SMILES string of the molecule is CCNCc1ccnc(OC2CCCC(CC)C2)c1. The molecule has 3 heteroatoms. The molecular formula is C16H26N2O. The molecule has 0 aliphatic heterocycles. The first-order valence-electron chi connectivity index (χ1n) is 7.64. The Kier molecular flexibility index (Phi) is 5.64. The van der Waals surface area contributed by atoms with Gasteiger partial charge < -0.3 is 10.1 Å². The van der Waals surface area contributed by atoms with Crippen LogP contribution in [0, 0.1) is 5.92 Å². The maximum absolute atomic E-state index is 6.07. The van der Waals surface area contributed by atoms with E-state index in [-0.39, 0.29) is 0 Å². The van der Waals surface area contributed by atoms with Gasteiger partial charge in [0.05, 0.1) is 0 Å². The largest absolute Gasteiger partial charge is 0.474 e. The highest BCUT2D eigenvalue weighted by Gasteiger charge is 2.22. The molecule has 2 rings (SSSR count). The number of pyridine rings is 1. The number of aromatic nitrogens is 1. The molecular weight excluding hydrogens is 236 g/mol. The van der Waals surface area contributed by atoms with Crippen molar-refractivity contribution in [2.45, 2.75) is 58.6 Å². The Hall–Kier alpha value is -1.09. The molecule has 0 radical (unpaired) electrons. The summed E-state index contributed by atoms with van der Waals surface area (Å²) in [5.74, 6) is 1.63. The zero-order valence-electron chi connectivity index (χ0n) is 12.2. The molecule has 1 fully saturated rings. The molecule has 0 aromatic carbocycles. The first-order valence-corrected chi connectivity index (χ1v) is 7.64. The average Bonchev–Trinajstić information content (AvgIpc) is 2.46. The van der Waals surface area contributed by atoms with Crippen molar-refractivity contribution in [1.82, 2.24) is 10.3 Å². The molecule has 1 aromatic heterocycles. The lowest BCUT2D eigenvalue weighted by molar-refractivity contribution is 0.117. The highest BCUT2D eigenvalue weighted by molar-refractivity contribution is 5.20. The molecule has 0 amide bonds. The number of rotatable bonds is 6. The fraction of sp³-hybridized carbons (Fsp3) is 0.688. The predicted molar refractivity (Wildman–Crippen MR) is 78.3 cm³/mol. The van der Waals surface area contributed by atoms with Gasteiger partial charge in [0.2, 0.25) is 5.88 Å². The summed E-state index contributed by atoms with van der Waals surface area (Å²) < 4.78 is 6.07. The van der Waals surface area contributed by atoms with Crippen LogP contribution >= 0.6 is 0 Å². The lowest BCUT2D eigenvalue weighted by Crippen LogP contribution is -2.25. The maximum atomic E-state index is 6.07. The standard InChI is InChI=1S/C16H26N2O/c1-3-13-6-5-7-15(10-13)19-16-11-14(8-9-18-16)12-17-4-2/h8-9,11,13,15,17H,3-7,10,12H2,1-2H3. The van der Waals surface area contributed by atoms with Crippen molar-refractivity contribution in [3.63, 3.8) is 0 Å². The van der Waals surface area contributed by atoms with Crippen LogP contribution in [0.3, 0.4) is 0 Å². The van der Waals surface area contributed by atoms with Crippen LogP contribution in [0.4, 0.5) is 0 Å².